The third kappa shape index (κ3) is 5.14. The lowest BCUT2D eigenvalue weighted by Gasteiger charge is -2.31. The molecule has 2 aliphatic rings. The second kappa shape index (κ2) is 10.2. The molecule has 5 rings (SSSR count). The number of piperidine rings is 1. The minimum absolute atomic E-state index is 0.152. The van der Waals surface area contributed by atoms with Gasteiger partial charge in [-0.25, -0.2) is 4.79 Å². The predicted molar refractivity (Wildman–Crippen MR) is 131 cm³/mol. The number of urea groups is 1. The Bertz CT molecular complexity index is 1220. The second-order valence-electron chi connectivity index (χ2n) is 8.09. The van der Waals surface area contributed by atoms with E-state index in [1.54, 1.807) is 23.1 Å². The zero-order valence-corrected chi connectivity index (χ0v) is 20.0. The molecular formula is C24H25N5O5S. The highest BCUT2D eigenvalue weighted by Crippen LogP contribution is 2.35. The van der Waals surface area contributed by atoms with Crippen LogP contribution in [0.4, 0.5) is 16.2 Å². The molecule has 3 heterocycles. The van der Waals surface area contributed by atoms with E-state index in [2.05, 4.69) is 20.8 Å². The Labute approximate surface area is 206 Å². The summed E-state index contributed by atoms with van der Waals surface area (Å²) in [5.74, 6) is 1.73. The Morgan fingerprint density at radius 1 is 1.09 bits per heavy atom. The molecule has 3 aromatic rings. The molecule has 2 aliphatic heterocycles. The van der Waals surface area contributed by atoms with Gasteiger partial charge < -0.3 is 29.7 Å². The van der Waals surface area contributed by atoms with Crippen molar-refractivity contribution in [2.45, 2.75) is 25.7 Å². The van der Waals surface area contributed by atoms with Crippen LogP contribution in [0.3, 0.4) is 0 Å². The number of ether oxygens (including phenoxy) is 3. The Morgan fingerprint density at radius 2 is 1.89 bits per heavy atom. The molecule has 0 spiro atoms. The van der Waals surface area contributed by atoms with E-state index in [-0.39, 0.29) is 24.6 Å². The van der Waals surface area contributed by atoms with E-state index in [0.717, 1.165) is 17.8 Å². The Kier molecular flexibility index (Phi) is 6.66. The van der Waals surface area contributed by atoms with Gasteiger partial charge in [-0.05, 0) is 44.0 Å². The van der Waals surface area contributed by atoms with Crippen molar-refractivity contribution in [1.82, 2.24) is 15.1 Å². The maximum atomic E-state index is 12.8. The average Bonchev–Trinajstić information content (AvgIpc) is 3.55. The van der Waals surface area contributed by atoms with E-state index in [4.69, 9.17) is 14.2 Å². The SMILES string of the molecule is CCOc1ccccc1NC(=O)N1CCC(c2nnc(C(=O)Nc3ccc4c(c3)OCO4)s2)CC1. The molecule has 2 aromatic carbocycles. The van der Waals surface area contributed by atoms with Crippen LogP contribution < -0.4 is 24.8 Å². The topological polar surface area (TPSA) is 115 Å². The van der Waals surface area contributed by atoms with Crippen molar-refractivity contribution in [3.63, 3.8) is 0 Å². The molecule has 0 aliphatic carbocycles. The normalized spacial score (nSPS) is 15.1. The van der Waals surface area contributed by atoms with Gasteiger partial charge >= 0.3 is 6.03 Å². The van der Waals surface area contributed by atoms with Crippen LogP contribution in [-0.2, 0) is 0 Å². The van der Waals surface area contributed by atoms with Gasteiger partial charge in [0, 0.05) is 30.8 Å². The maximum absolute atomic E-state index is 12.8. The van der Waals surface area contributed by atoms with Crippen LogP contribution in [0.2, 0.25) is 0 Å². The van der Waals surface area contributed by atoms with Crippen LogP contribution in [-0.4, -0.2) is 53.5 Å². The summed E-state index contributed by atoms with van der Waals surface area (Å²) in [6, 6.07) is 12.5. The lowest BCUT2D eigenvalue weighted by molar-refractivity contribution is 0.102. The molecule has 0 radical (unpaired) electrons. The van der Waals surface area contributed by atoms with Crippen LogP contribution in [0.1, 0.15) is 40.5 Å². The number of nitrogens with zero attached hydrogens (tertiary/aromatic N) is 3. The Morgan fingerprint density at radius 3 is 2.71 bits per heavy atom. The molecule has 1 aromatic heterocycles. The number of benzene rings is 2. The fraction of sp³-hybridized carbons (Fsp3) is 0.333. The van der Waals surface area contributed by atoms with Crippen molar-refractivity contribution in [3.05, 3.63) is 52.5 Å². The number of hydrogen-bond acceptors (Lipinski definition) is 8. The van der Waals surface area contributed by atoms with Crippen LogP contribution in [0.15, 0.2) is 42.5 Å². The van der Waals surface area contributed by atoms with E-state index < -0.39 is 0 Å². The lowest BCUT2D eigenvalue weighted by Crippen LogP contribution is -2.40. The van der Waals surface area contributed by atoms with Crippen molar-refractivity contribution in [2.24, 2.45) is 0 Å². The molecule has 182 valence electrons. The van der Waals surface area contributed by atoms with Gasteiger partial charge in [0.25, 0.3) is 5.91 Å². The largest absolute Gasteiger partial charge is 0.492 e. The molecular weight excluding hydrogens is 470 g/mol. The van der Waals surface area contributed by atoms with Gasteiger partial charge in [0.1, 0.15) is 10.8 Å². The van der Waals surface area contributed by atoms with Crippen molar-refractivity contribution in [2.75, 3.05) is 37.1 Å². The summed E-state index contributed by atoms with van der Waals surface area (Å²) in [5.41, 5.74) is 1.25. The summed E-state index contributed by atoms with van der Waals surface area (Å²) < 4.78 is 16.2. The van der Waals surface area contributed by atoms with Crippen molar-refractivity contribution in [1.29, 1.82) is 0 Å². The van der Waals surface area contributed by atoms with Crippen molar-refractivity contribution in [3.8, 4) is 17.2 Å². The Hall–Kier alpha value is -3.86. The van der Waals surface area contributed by atoms with E-state index in [1.165, 1.54) is 11.3 Å². The first-order chi connectivity index (χ1) is 17.1. The number of aromatic nitrogens is 2. The van der Waals surface area contributed by atoms with Gasteiger partial charge in [0.2, 0.25) is 11.8 Å². The highest BCUT2D eigenvalue weighted by atomic mass is 32.1. The summed E-state index contributed by atoms with van der Waals surface area (Å²) in [6.45, 7) is 3.78. The monoisotopic (exact) mass is 495 g/mol. The van der Waals surface area contributed by atoms with Gasteiger partial charge in [-0.15, -0.1) is 10.2 Å². The summed E-state index contributed by atoms with van der Waals surface area (Å²) in [5, 5.41) is 15.2. The summed E-state index contributed by atoms with van der Waals surface area (Å²) in [6.07, 6.45) is 1.50. The zero-order valence-electron chi connectivity index (χ0n) is 19.2. The number of carbonyl (C=O) groups is 2. The Balaban J connectivity index is 1.15. The fourth-order valence-electron chi connectivity index (χ4n) is 4.03. The third-order valence-corrected chi connectivity index (χ3v) is 6.91. The van der Waals surface area contributed by atoms with Gasteiger partial charge in [0.15, 0.2) is 11.5 Å². The molecule has 0 unspecified atom stereocenters. The number of likely N-dealkylation sites (tertiary alicyclic amines) is 1. The molecule has 10 nitrogen and oxygen atoms in total. The molecule has 35 heavy (non-hydrogen) atoms. The first-order valence-electron chi connectivity index (χ1n) is 11.4. The third-order valence-electron chi connectivity index (χ3n) is 5.83. The molecule has 3 amide bonds. The molecule has 2 N–H and O–H groups in total. The first kappa shape index (κ1) is 22.9. The van der Waals surface area contributed by atoms with Crippen molar-refractivity contribution < 1.29 is 23.8 Å². The molecule has 0 bridgehead atoms. The maximum Gasteiger partial charge on any atom is 0.321 e. The minimum Gasteiger partial charge on any atom is -0.492 e. The van der Waals surface area contributed by atoms with Crippen LogP contribution >= 0.6 is 11.3 Å². The summed E-state index contributed by atoms with van der Waals surface area (Å²) in [4.78, 5) is 27.2. The van der Waals surface area contributed by atoms with Crippen LogP contribution in [0.5, 0.6) is 17.2 Å². The number of hydrogen-bond donors (Lipinski definition) is 2. The molecule has 1 fully saturated rings. The van der Waals surface area contributed by atoms with Crippen LogP contribution in [0.25, 0.3) is 0 Å². The number of para-hydroxylation sites is 2. The number of rotatable bonds is 6. The van der Waals surface area contributed by atoms with E-state index in [9.17, 15) is 9.59 Å². The van der Waals surface area contributed by atoms with Gasteiger partial charge in [-0.2, -0.15) is 0 Å². The average molecular weight is 496 g/mol. The van der Waals surface area contributed by atoms with Gasteiger partial charge in [0.05, 0.1) is 12.3 Å². The quantitative estimate of drug-likeness (QED) is 0.523. The molecule has 0 saturated carbocycles. The summed E-state index contributed by atoms with van der Waals surface area (Å²) in [7, 11) is 0. The number of amides is 3. The number of fused-ring (bicyclic) bond motifs is 1. The highest BCUT2D eigenvalue weighted by Gasteiger charge is 2.27. The standard InChI is InChI=1S/C24H25N5O5S/c1-2-32-18-6-4-3-5-17(18)26-24(31)29-11-9-15(10-12-29)22-27-28-23(35-22)21(30)25-16-7-8-19-20(13-16)34-14-33-19/h3-8,13,15H,2,9-12,14H2,1H3,(H,25,30)(H,26,31). The smallest absolute Gasteiger partial charge is 0.321 e. The predicted octanol–water partition coefficient (Wildman–Crippen LogP) is 4.33. The van der Waals surface area contributed by atoms with E-state index in [0.29, 0.717) is 53.3 Å². The van der Waals surface area contributed by atoms with E-state index >= 15 is 0 Å². The number of carbonyl (C=O) groups excluding carboxylic acids is 2. The first-order valence-corrected chi connectivity index (χ1v) is 12.2. The summed E-state index contributed by atoms with van der Waals surface area (Å²) >= 11 is 1.29. The molecule has 0 atom stereocenters. The highest BCUT2D eigenvalue weighted by molar-refractivity contribution is 7.13. The minimum atomic E-state index is -0.322. The number of anilines is 2. The fourth-order valence-corrected chi connectivity index (χ4v) is 4.93. The lowest BCUT2D eigenvalue weighted by atomic mass is 9.98. The van der Waals surface area contributed by atoms with E-state index in [1.807, 2.05) is 31.2 Å². The molecule has 11 heteroatoms. The van der Waals surface area contributed by atoms with Crippen molar-refractivity contribution >= 4 is 34.6 Å². The number of nitrogens with one attached hydrogen (secondary N) is 2. The molecule has 1 saturated heterocycles. The second-order valence-corrected chi connectivity index (χ2v) is 9.10. The zero-order chi connectivity index (χ0) is 24.2. The van der Waals surface area contributed by atoms with Gasteiger partial charge in [-0.1, -0.05) is 23.5 Å². The van der Waals surface area contributed by atoms with Crippen LogP contribution in [0, 0.1) is 0 Å². The van der Waals surface area contributed by atoms with Gasteiger partial charge in [-0.3, -0.25) is 4.79 Å².